The lowest BCUT2D eigenvalue weighted by molar-refractivity contribution is 0.0208. The summed E-state index contributed by atoms with van der Waals surface area (Å²) in [5.74, 6) is 0.306. The van der Waals surface area contributed by atoms with Crippen molar-refractivity contribution in [3.63, 3.8) is 0 Å². The molecule has 2 unspecified atom stereocenters. The second-order valence-electron chi connectivity index (χ2n) is 4.46. The number of hydrogen-bond acceptors (Lipinski definition) is 4. The van der Waals surface area contributed by atoms with Crippen LogP contribution in [0.2, 0.25) is 0 Å². The van der Waals surface area contributed by atoms with Crippen molar-refractivity contribution in [2.24, 2.45) is 16.8 Å². The van der Waals surface area contributed by atoms with Crippen LogP contribution in [0, 0.1) is 5.92 Å². The normalized spacial score (nSPS) is 29.3. The Bertz CT molecular complexity index is 225. The first-order valence-electron chi connectivity index (χ1n) is 5.39. The van der Waals surface area contributed by atoms with Crippen LogP contribution in [0.1, 0.15) is 26.7 Å². The Morgan fingerprint density at radius 1 is 1.73 bits per heavy atom. The number of hydrogen-bond donors (Lipinski definition) is 3. The Kier molecular flexibility index (Phi) is 4.35. The first-order chi connectivity index (χ1) is 7.07. The Labute approximate surface area is 90.7 Å². The molecule has 1 aliphatic rings. The summed E-state index contributed by atoms with van der Waals surface area (Å²) in [4.78, 5) is 0. The van der Waals surface area contributed by atoms with Crippen molar-refractivity contribution in [1.82, 2.24) is 5.32 Å². The lowest BCUT2D eigenvalue weighted by atomic mass is 10.0. The summed E-state index contributed by atoms with van der Waals surface area (Å²) in [5, 5.41) is 14.7. The molecule has 0 saturated carbocycles. The minimum Gasteiger partial charge on any atom is -0.409 e. The van der Waals surface area contributed by atoms with E-state index in [-0.39, 0.29) is 17.4 Å². The molecule has 1 heterocycles. The van der Waals surface area contributed by atoms with Gasteiger partial charge in [0, 0.05) is 25.6 Å². The van der Waals surface area contributed by atoms with Crippen LogP contribution in [0.3, 0.4) is 0 Å². The third kappa shape index (κ3) is 3.68. The second kappa shape index (κ2) is 5.32. The van der Waals surface area contributed by atoms with Gasteiger partial charge in [-0.3, -0.25) is 0 Å². The maximum absolute atomic E-state index is 8.48. The third-order valence-corrected chi connectivity index (χ3v) is 2.87. The van der Waals surface area contributed by atoms with Crippen LogP contribution in [0.15, 0.2) is 5.16 Å². The molecule has 5 heteroatoms. The van der Waals surface area contributed by atoms with Gasteiger partial charge in [-0.1, -0.05) is 12.1 Å². The molecule has 1 rings (SSSR count). The highest BCUT2D eigenvalue weighted by Crippen LogP contribution is 2.23. The molecule has 0 aromatic heterocycles. The highest BCUT2D eigenvalue weighted by atomic mass is 16.5. The van der Waals surface area contributed by atoms with Gasteiger partial charge in [0.1, 0.15) is 5.84 Å². The molecule has 0 spiro atoms. The molecular weight excluding hydrogens is 194 g/mol. The summed E-state index contributed by atoms with van der Waals surface area (Å²) < 4.78 is 5.64. The van der Waals surface area contributed by atoms with Gasteiger partial charge in [0.25, 0.3) is 0 Å². The Hall–Kier alpha value is -0.810. The summed E-state index contributed by atoms with van der Waals surface area (Å²) in [7, 11) is 0. The van der Waals surface area contributed by atoms with Gasteiger partial charge < -0.3 is 21.0 Å². The molecule has 1 aliphatic heterocycles. The van der Waals surface area contributed by atoms with Gasteiger partial charge in [0.15, 0.2) is 0 Å². The summed E-state index contributed by atoms with van der Waals surface area (Å²) in [6, 6.07) is 0. The van der Waals surface area contributed by atoms with E-state index in [1.54, 1.807) is 0 Å². The zero-order valence-corrected chi connectivity index (χ0v) is 9.49. The van der Waals surface area contributed by atoms with Crippen molar-refractivity contribution >= 4 is 5.84 Å². The molecule has 0 aliphatic carbocycles. The number of nitrogens with one attached hydrogen (secondary N) is 1. The zero-order valence-electron chi connectivity index (χ0n) is 9.49. The predicted octanol–water partition coefficient (Wildman–Crippen LogP) is 0.528. The van der Waals surface area contributed by atoms with Crippen LogP contribution >= 0.6 is 0 Å². The molecule has 2 atom stereocenters. The van der Waals surface area contributed by atoms with E-state index < -0.39 is 0 Å². The van der Waals surface area contributed by atoms with E-state index in [0.29, 0.717) is 6.54 Å². The largest absolute Gasteiger partial charge is 0.409 e. The van der Waals surface area contributed by atoms with Crippen LogP contribution < -0.4 is 11.1 Å². The Morgan fingerprint density at radius 3 is 3.00 bits per heavy atom. The lowest BCUT2D eigenvalue weighted by Crippen LogP contribution is -2.40. The summed E-state index contributed by atoms with van der Waals surface area (Å²) in [6.07, 6.45) is 2.23. The average Bonchev–Trinajstić information content (AvgIpc) is 2.64. The molecular formula is C10H21N3O2. The summed E-state index contributed by atoms with van der Waals surface area (Å²) in [6.45, 7) is 6.40. The molecule has 88 valence electrons. The van der Waals surface area contributed by atoms with E-state index in [9.17, 15) is 0 Å². The SMILES string of the molecule is CC(CNCC1(C)CCCO1)C(N)=NO. The molecule has 0 radical (unpaired) electrons. The lowest BCUT2D eigenvalue weighted by Gasteiger charge is -2.24. The van der Waals surface area contributed by atoms with Gasteiger partial charge in [0.05, 0.1) is 5.60 Å². The minimum absolute atomic E-state index is 0.0369. The fourth-order valence-corrected chi connectivity index (χ4v) is 1.73. The molecule has 0 aromatic carbocycles. The monoisotopic (exact) mass is 215 g/mol. The van der Waals surface area contributed by atoms with Gasteiger partial charge in [-0.25, -0.2) is 0 Å². The Balaban J connectivity index is 2.21. The highest BCUT2D eigenvalue weighted by molar-refractivity contribution is 5.82. The number of rotatable bonds is 5. The molecule has 0 amide bonds. The van der Waals surface area contributed by atoms with Crippen molar-refractivity contribution in [3.05, 3.63) is 0 Å². The first-order valence-corrected chi connectivity index (χ1v) is 5.39. The highest BCUT2D eigenvalue weighted by Gasteiger charge is 2.29. The van der Waals surface area contributed by atoms with Crippen molar-refractivity contribution < 1.29 is 9.94 Å². The van der Waals surface area contributed by atoms with Gasteiger partial charge in [-0.15, -0.1) is 0 Å². The van der Waals surface area contributed by atoms with E-state index in [0.717, 1.165) is 26.0 Å². The van der Waals surface area contributed by atoms with Crippen molar-refractivity contribution in [2.45, 2.75) is 32.3 Å². The smallest absolute Gasteiger partial charge is 0.143 e. The fourth-order valence-electron chi connectivity index (χ4n) is 1.73. The van der Waals surface area contributed by atoms with Crippen molar-refractivity contribution in [3.8, 4) is 0 Å². The standard InChI is InChI=1S/C10H21N3O2/c1-8(9(11)13-14)6-12-7-10(2)4-3-5-15-10/h8,12,14H,3-7H2,1-2H3,(H2,11,13). The molecule has 15 heavy (non-hydrogen) atoms. The predicted molar refractivity (Wildman–Crippen MR) is 59.0 cm³/mol. The van der Waals surface area contributed by atoms with Gasteiger partial charge in [-0.2, -0.15) is 0 Å². The van der Waals surface area contributed by atoms with Crippen LogP contribution in [-0.4, -0.2) is 36.3 Å². The molecule has 0 bridgehead atoms. The molecule has 5 nitrogen and oxygen atoms in total. The third-order valence-electron chi connectivity index (χ3n) is 2.87. The van der Waals surface area contributed by atoms with E-state index in [4.69, 9.17) is 15.7 Å². The molecule has 4 N–H and O–H groups in total. The number of ether oxygens (including phenoxy) is 1. The van der Waals surface area contributed by atoms with Crippen molar-refractivity contribution in [2.75, 3.05) is 19.7 Å². The number of nitrogens with two attached hydrogens (primary N) is 1. The van der Waals surface area contributed by atoms with Crippen LogP contribution in [0.5, 0.6) is 0 Å². The number of oxime groups is 1. The minimum atomic E-state index is -0.0369. The summed E-state index contributed by atoms with van der Waals surface area (Å²) >= 11 is 0. The van der Waals surface area contributed by atoms with Gasteiger partial charge in [0.2, 0.25) is 0 Å². The van der Waals surface area contributed by atoms with Gasteiger partial charge in [-0.05, 0) is 19.8 Å². The number of nitrogens with zero attached hydrogens (tertiary/aromatic N) is 1. The zero-order chi connectivity index (χ0) is 11.3. The fraction of sp³-hybridized carbons (Fsp3) is 0.900. The summed E-state index contributed by atoms with van der Waals surface area (Å²) in [5.41, 5.74) is 5.44. The van der Waals surface area contributed by atoms with Crippen LogP contribution in [-0.2, 0) is 4.74 Å². The quantitative estimate of drug-likeness (QED) is 0.270. The second-order valence-corrected chi connectivity index (χ2v) is 4.46. The van der Waals surface area contributed by atoms with E-state index >= 15 is 0 Å². The molecule has 1 fully saturated rings. The first kappa shape index (κ1) is 12.3. The average molecular weight is 215 g/mol. The van der Waals surface area contributed by atoms with E-state index in [1.165, 1.54) is 0 Å². The topological polar surface area (TPSA) is 79.9 Å². The maximum atomic E-state index is 8.48. The molecule has 1 saturated heterocycles. The number of amidine groups is 1. The van der Waals surface area contributed by atoms with E-state index in [1.807, 2.05) is 6.92 Å². The maximum Gasteiger partial charge on any atom is 0.143 e. The van der Waals surface area contributed by atoms with Crippen molar-refractivity contribution in [1.29, 1.82) is 0 Å². The molecule has 0 aromatic rings. The van der Waals surface area contributed by atoms with Crippen LogP contribution in [0.25, 0.3) is 0 Å². The van der Waals surface area contributed by atoms with Crippen LogP contribution in [0.4, 0.5) is 0 Å². The Morgan fingerprint density at radius 2 is 2.47 bits per heavy atom. The van der Waals surface area contributed by atoms with E-state index in [2.05, 4.69) is 17.4 Å². The van der Waals surface area contributed by atoms with Gasteiger partial charge >= 0.3 is 0 Å².